The summed E-state index contributed by atoms with van der Waals surface area (Å²) < 4.78 is 0. The van der Waals surface area contributed by atoms with Gasteiger partial charge in [0.15, 0.2) is 0 Å². The maximum absolute atomic E-state index is 3.49. The molecule has 0 radical (unpaired) electrons. The average Bonchev–Trinajstić information content (AvgIpc) is 2.05. The van der Waals surface area contributed by atoms with Crippen molar-refractivity contribution in [2.24, 2.45) is 0 Å². The van der Waals surface area contributed by atoms with E-state index in [9.17, 15) is 0 Å². The Morgan fingerprint density at radius 1 is 1.33 bits per heavy atom. The van der Waals surface area contributed by atoms with Gasteiger partial charge in [-0.25, -0.2) is 0 Å². The van der Waals surface area contributed by atoms with E-state index in [2.05, 4.69) is 54.9 Å². The van der Waals surface area contributed by atoms with Gasteiger partial charge in [-0.3, -0.25) is 0 Å². The molecule has 0 aliphatic heterocycles. The van der Waals surface area contributed by atoms with Crippen molar-refractivity contribution in [3.05, 3.63) is 34.9 Å². The number of alkyl halides is 1. The number of aryl methyl sites for hydroxylation is 1. The van der Waals surface area contributed by atoms with Gasteiger partial charge < -0.3 is 0 Å². The SMILES string of the molecule is Cc1ccc(C(C)C)cc1CBr. The van der Waals surface area contributed by atoms with Crippen molar-refractivity contribution in [3.8, 4) is 0 Å². The van der Waals surface area contributed by atoms with Crippen LogP contribution < -0.4 is 0 Å². The van der Waals surface area contributed by atoms with E-state index in [1.807, 2.05) is 0 Å². The Kier molecular flexibility index (Phi) is 3.33. The first kappa shape index (κ1) is 9.79. The summed E-state index contributed by atoms with van der Waals surface area (Å²) in [4.78, 5) is 0. The van der Waals surface area contributed by atoms with Gasteiger partial charge in [0.25, 0.3) is 0 Å². The molecule has 66 valence electrons. The van der Waals surface area contributed by atoms with E-state index in [4.69, 9.17) is 0 Å². The molecule has 0 saturated carbocycles. The molecule has 0 bridgehead atoms. The monoisotopic (exact) mass is 226 g/mol. The molecular formula is C11H15Br. The van der Waals surface area contributed by atoms with Crippen LogP contribution in [-0.4, -0.2) is 0 Å². The van der Waals surface area contributed by atoms with E-state index >= 15 is 0 Å². The molecule has 0 unspecified atom stereocenters. The predicted octanol–water partition coefficient (Wildman–Crippen LogP) is 4.01. The number of rotatable bonds is 2. The first-order valence-corrected chi connectivity index (χ1v) is 5.42. The maximum Gasteiger partial charge on any atom is 0.0285 e. The van der Waals surface area contributed by atoms with Crippen LogP contribution in [0.3, 0.4) is 0 Å². The lowest BCUT2D eigenvalue weighted by molar-refractivity contribution is 0.863. The first-order valence-electron chi connectivity index (χ1n) is 4.30. The van der Waals surface area contributed by atoms with E-state index in [0.717, 1.165) is 5.33 Å². The summed E-state index contributed by atoms with van der Waals surface area (Å²) in [5, 5.41) is 0.958. The van der Waals surface area contributed by atoms with E-state index in [0.29, 0.717) is 5.92 Å². The summed E-state index contributed by atoms with van der Waals surface area (Å²) >= 11 is 3.49. The van der Waals surface area contributed by atoms with Crippen molar-refractivity contribution in [2.75, 3.05) is 0 Å². The standard InChI is InChI=1S/C11H15Br/c1-8(2)10-5-4-9(3)11(6-10)7-12/h4-6,8H,7H2,1-3H3. The van der Waals surface area contributed by atoms with Gasteiger partial charge in [-0.2, -0.15) is 0 Å². The van der Waals surface area contributed by atoms with Gasteiger partial charge in [-0.05, 0) is 29.5 Å². The van der Waals surface area contributed by atoms with Crippen LogP contribution in [0.15, 0.2) is 18.2 Å². The van der Waals surface area contributed by atoms with Gasteiger partial charge in [0.1, 0.15) is 0 Å². The molecule has 0 fully saturated rings. The molecular weight excluding hydrogens is 212 g/mol. The lowest BCUT2D eigenvalue weighted by Gasteiger charge is -2.08. The van der Waals surface area contributed by atoms with Crippen molar-refractivity contribution in [1.29, 1.82) is 0 Å². The summed E-state index contributed by atoms with van der Waals surface area (Å²) in [5.74, 6) is 0.628. The Bertz CT molecular complexity index is 264. The minimum atomic E-state index is 0.628. The lowest BCUT2D eigenvalue weighted by atomic mass is 9.99. The molecule has 0 aromatic heterocycles. The molecule has 1 rings (SSSR count). The molecule has 0 atom stereocenters. The second kappa shape index (κ2) is 4.08. The van der Waals surface area contributed by atoms with Gasteiger partial charge in [0.05, 0.1) is 0 Å². The second-order valence-corrected chi connectivity index (χ2v) is 4.03. The third kappa shape index (κ3) is 2.10. The van der Waals surface area contributed by atoms with Crippen molar-refractivity contribution >= 4 is 15.9 Å². The highest BCUT2D eigenvalue weighted by Gasteiger charge is 2.01. The van der Waals surface area contributed by atoms with Crippen molar-refractivity contribution in [3.63, 3.8) is 0 Å². The summed E-state index contributed by atoms with van der Waals surface area (Å²) in [6.07, 6.45) is 0. The Morgan fingerprint density at radius 3 is 2.50 bits per heavy atom. The number of hydrogen-bond acceptors (Lipinski definition) is 0. The van der Waals surface area contributed by atoms with E-state index in [1.165, 1.54) is 16.7 Å². The zero-order valence-electron chi connectivity index (χ0n) is 7.89. The summed E-state index contributed by atoms with van der Waals surface area (Å²) in [5.41, 5.74) is 4.20. The lowest BCUT2D eigenvalue weighted by Crippen LogP contribution is -1.91. The average molecular weight is 227 g/mol. The summed E-state index contributed by atoms with van der Waals surface area (Å²) in [6.45, 7) is 6.60. The molecule has 1 aromatic rings. The molecule has 0 spiro atoms. The fourth-order valence-corrected chi connectivity index (χ4v) is 1.80. The van der Waals surface area contributed by atoms with E-state index in [1.54, 1.807) is 0 Å². The van der Waals surface area contributed by atoms with Gasteiger partial charge in [0.2, 0.25) is 0 Å². The second-order valence-electron chi connectivity index (χ2n) is 3.47. The van der Waals surface area contributed by atoms with Crippen LogP contribution in [0.25, 0.3) is 0 Å². The summed E-state index contributed by atoms with van der Waals surface area (Å²) in [7, 11) is 0. The maximum atomic E-state index is 3.49. The van der Waals surface area contributed by atoms with Crippen LogP contribution in [0.5, 0.6) is 0 Å². The van der Waals surface area contributed by atoms with Gasteiger partial charge in [-0.1, -0.05) is 48.0 Å². The Balaban J connectivity index is 3.05. The summed E-state index contributed by atoms with van der Waals surface area (Å²) in [6, 6.07) is 6.70. The van der Waals surface area contributed by atoms with Crippen molar-refractivity contribution < 1.29 is 0 Å². The van der Waals surface area contributed by atoms with Gasteiger partial charge in [0, 0.05) is 5.33 Å². The number of halogens is 1. The molecule has 0 saturated heterocycles. The smallest absolute Gasteiger partial charge is 0.0285 e. The molecule has 0 N–H and O–H groups in total. The normalized spacial score (nSPS) is 10.8. The van der Waals surface area contributed by atoms with E-state index in [-0.39, 0.29) is 0 Å². The van der Waals surface area contributed by atoms with Crippen LogP contribution >= 0.6 is 15.9 Å². The van der Waals surface area contributed by atoms with Gasteiger partial charge in [-0.15, -0.1) is 0 Å². The van der Waals surface area contributed by atoms with Crippen LogP contribution in [0.4, 0.5) is 0 Å². The number of hydrogen-bond donors (Lipinski definition) is 0. The first-order chi connectivity index (χ1) is 5.65. The molecule has 1 heteroatoms. The molecule has 0 aliphatic carbocycles. The molecule has 1 aromatic carbocycles. The third-order valence-electron chi connectivity index (χ3n) is 2.18. The molecule has 12 heavy (non-hydrogen) atoms. The minimum Gasteiger partial charge on any atom is -0.0876 e. The van der Waals surface area contributed by atoms with Crippen LogP contribution in [0, 0.1) is 6.92 Å². The van der Waals surface area contributed by atoms with Crippen molar-refractivity contribution in [1.82, 2.24) is 0 Å². The largest absolute Gasteiger partial charge is 0.0876 e. The molecule has 0 aliphatic rings. The highest BCUT2D eigenvalue weighted by molar-refractivity contribution is 9.08. The van der Waals surface area contributed by atoms with Gasteiger partial charge >= 0.3 is 0 Å². The third-order valence-corrected chi connectivity index (χ3v) is 2.79. The quantitative estimate of drug-likeness (QED) is 0.669. The van der Waals surface area contributed by atoms with Crippen LogP contribution in [0.1, 0.15) is 36.5 Å². The Hall–Kier alpha value is -0.300. The minimum absolute atomic E-state index is 0.628. The topological polar surface area (TPSA) is 0 Å². The highest BCUT2D eigenvalue weighted by atomic mass is 79.9. The number of benzene rings is 1. The zero-order chi connectivity index (χ0) is 9.14. The van der Waals surface area contributed by atoms with E-state index < -0.39 is 0 Å². The Morgan fingerprint density at radius 2 is 2.00 bits per heavy atom. The van der Waals surface area contributed by atoms with Crippen molar-refractivity contribution in [2.45, 2.75) is 32.0 Å². The molecule has 0 heterocycles. The molecule has 0 nitrogen and oxygen atoms in total. The zero-order valence-corrected chi connectivity index (χ0v) is 9.48. The fourth-order valence-electron chi connectivity index (χ4n) is 1.19. The van der Waals surface area contributed by atoms with Crippen LogP contribution in [-0.2, 0) is 5.33 Å². The predicted molar refractivity (Wildman–Crippen MR) is 57.9 cm³/mol. The Labute approximate surface area is 83.1 Å². The van der Waals surface area contributed by atoms with Crippen LogP contribution in [0.2, 0.25) is 0 Å². The molecule has 0 amide bonds. The highest BCUT2D eigenvalue weighted by Crippen LogP contribution is 2.19. The fraction of sp³-hybridized carbons (Fsp3) is 0.455.